The predicted octanol–water partition coefficient (Wildman–Crippen LogP) is 1.49. The first-order chi connectivity index (χ1) is 11.9. The highest BCUT2D eigenvalue weighted by Gasteiger charge is 2.23. The Kier molecular flexibility index (Phi) is 5.00. The molecule has 1 N–H and O–H groups in total. The Morgan fingerprint density at radius 2 is 2.12 bits per heavy atom. The molecule has 1 saturated heterocycles. The Balaban J connectivity index is 2.00. The Labute approximate surface area is 153 Å². The lowest BCUT2D eigenvalue weighted by Gasteiger charge is -2.02. The first-order valence-corrected chi connectivity index (χ1v) is 8.74. The molecule has 1 aromatic carbocycles. The monoisotopic (exact) mass is 372 g/mol. The van der Waals surface area contributed by atoms with Gasteiger partial charge in [0.25, 0.3) is 5.91 Å². The molecule has 1 amide bonds. The van der Waals surface area contributed by atoms with Gasteiger partial charge in [0, 0.05) is 36.3 Å². The van der Waals surface area contributed by atoms with Gasteiger partial charge in [0.2, 0.25) is 0 Å². The summed E-state index contributed by atoms with van der Waals surface area (Å²) in [5.41, 5.74) is 3.41. The summed E-state index contributed by atoms with van der Waals surface area (Å²) >= 11 is 6.20. The molecule has 1 fully saturated rings. The fraction of sp³-hybridized carbons (Fsp3) is 0.176. The summed E-state index contributed by atoms with van der Waals surface area (Å²) in [6.45, 7) is 2.19. The van der Waals surface area contributed by atoms with Crippen LogP contribution in [-0.4, -0.2) is 26.0 Å². The van der Waals surface area contributed by atoms with Crippen LogP contribution >= 0.6 is 24.0 Å². The van der Waals surface area contributed by atoms with E-state index < -0.39 is 5.97 Å². The minimum absolute atomic E-state index is 0.135. The normalized spacial score (nSPS) is 15.6. The Bertz CT molecular complexity index is 885. The molecule has 3 rings (SSSR count). The molecule has 1 aliphatic heterocycles. The molecule has 0 bridgehead atoms. The van der Waals surface area contributed by atoms with Gasteiger partial charge in [-0.15, -0.1) is 0 Å². The minimum Gasteiger partial charge on any atom is -0.550 e. The molecule has 0 aliphatic carbocycles. The van der Waals surface area contributed by atoms with Crippen LogP contribution in [0.15, 0.2) is 35.4 Å². The fourth-order valence-electron chi connectivity index (χ4n) is 2.36. The number of carbonyl (C=O) groups is 2. The number of rotatable bonds is 5. The van der Waals surface area contributed by atoms with Gasteiger partial charge in [-0.25, -0.2) is 0 Å². The van der Waals surface area contributed by atoms with E-state index in [-0.39, 0.29) is 18.9 Å². The van der Waals surface area contributed by atoms with Gasteiger partial charge in [0.1, 0.15) is 4.32 Å². The van der Waals surface area contributed by atoms with E-state index in [1.54, 1.807) is 17.0 Å². The number of hydrogen-bond acceptors (Lipinski definition) is 6. The molecule has 0 radical (unpaired) electrons. The summed E-state index contributed by atoms with van der Waals surface area (Å²) in [6, 6.07) is 7.82. The van der Waals surface area contributed by atoms with E-state index >= 15 is 0 Å². The maximum absolute atomic E-state index is 11.9. The van der Waals surface area contributed by atoms with E-state index in [0.29, 0.717) is 14.9 Å². The maximum Gasteiger partial charge on any atom is 0.263 e. The first kappa shape index (κ1) is 17.4. The largest absolute Gasteiger partial charge is 0.550 e. The number of nitrogens with zero attached hydrogens (tertiary/aromatic N) is 2. The number of aryl methyl sites for hydroxylation is 2. The molecule has 0 saturated carbocycles. The zero-order chi connectivity index (χ0) is 18.0. The van der Waals surface area contributed by atoms with Gasteiger partial charge in [-0.2, -0.15) is 5.10 Å². The van der Waals surface area contributed by atoms with Crippen molar-refractivity contribution in [1.82, 2.24) is 15.1 Å². The smallest absolute Gasteiger partial charge is 0.263 e. The van der Waals surface area contributed by atoms with Crippen molar-refractivity contribution in [1.29, 1.82) is 0 Å². The third-order valence-electron chi connectivity index (χ3n) is 3.59. The number of thioether (sulfide) groups is 1. The first-order valence-electron chi connectivity index (χ1n) is 7.51. The van der Waals surface area contributed by atoms with Crippen LogP contribution in [0.25, 0.3) is 17.3 Å². The van der Waals surface area contributed by atoms with E-state index in [1.807, 2.05) is 31.2 Å². The second-order valence-electron chi connectivity index (χ2n) is 5.54. The van der Waals surface area contributed by atoms with Crippen molar-refractivity contribution in [2.45, 2.75) is 19.9 Å². The molecule has 6 nitrogen and oxygen atoms in total. The zero-order valence-corrected chi connectivity index (χ0v) is 14.9. The van der Waals surface area contributed by atoms with Gasteiger partial charge in [-0.3, -0.25) is 9.48 Å². The third kappa shape index (κ3) is 4.15. The topological polar surface area (TPSA) is 87.1 Å². The SMILES string of the molecule is Cc1ccc(-c2nn(CCC(=O)[O-])cc2/C=C2\SC(=S)NC2=O)cc1. The predicted molar refractivity (Wildman–Crippen MR) is 98.3 cm³/mol. The van der Waals surface area contributed by atoms with Gasteiger partial charge >= 0.3 is 0 Å². The molecule has 8 heteroatoms. The van der Waals surface area contributed by atoms with Crippen LogP contribution in [0.4, 0.5) is 0 Å². The summed E-state index contributed by atoms with van der Waals surface area (Å²) in [5, 5.41) is 17.7. The van der Waals surface area contributed by atoms with Gasteiger partial charge < -0.3 is 15.2 Å². The van der Waals surface area contributed by atoms with Crippen LogP contribution in [0.1, 0.15) is 17.5 Å². The quantitative estimate of drug-likeness (QED) is 0.632. The zero-order valence-electron chi connectivity index (χ0n) is 13.3. The molecule has 2 aromatic rings. The number of amides is 1. The van der Waals surface area contributed by atoms with Crippen LogP contribution in [0, 0.1) is 6.92 Å². The number of hydrogen-bond donors (Lipinski definition) is 1. The summed E-state index contributed by atoms with van der Waals surface area (Å²) in [7, 11) is 0. The van der Waals surface area contributed by atoms with Crippen molar-refractivity contribution < 1.29 is 14.7 Å². The fourth-order valence-corrected chi connectivity index (χ4v) is 3.40. The number of carboxylic acids is 1. The van der Waals surface area contributed by atoms with Gasteiger partial charge in [0.15, 0.2) is 0 Å². The average molecular weight is 372 g/mol. The number of aromatic nitrogens is 2. The second-order valence-corrected chi connectivity index (χ2v) is 7.26. The Morgan fingerprint density at radius 3 is 2.72 bits per heavy atom. The van der Waals surface area contributed by atoms with Gasteiger partial charge in [0.05, 0.1) is 10.6 Å². The maximum atomic E-state index is 11.9. The van der Waals surface area contributed by atoms with Crippen LogP contribution in [0.5, 0.6) is 0 Å². The molecule has 1 aliphatic rings. The Hall–Kier alpha value is -2.45. The summed E-state index contributed by atoms with van der Waals surface area (Å²) < 4.78 is 1.96. The molecule has 1 aromatic heterocycles. The van der Waals surface area contributed by atoms with E-state index in [2.05, 4.69) is 10.4 Å². The third-order valence-corrected chi connectivity index (χ3v) is 4.75. The standard InChI is InChI=1S/C17H15N3O3S2/c1-10-2-4-11(5-3-10)15-12(8-13-16(23)18-17(24)25-13)9-20(19-15)7-6-14(21)22/h2-5,8-9H,6-7H2,1H3,(H,21,22)(H,18,23,24)/p-1/b13-8-. The lowest BCUT2D eigenvalue weighted by Crippen LogP contribution is -2.23. The van der Waals surface area contributed by atoms with E-state index in [9.17, 15) is 14.7 Å². The lowest BCUT2D eigenvalue weighted by molar-refractivity contribution is -0.306. The molecule has 25 heavy (non-hydrogen) atoms. The lowest BCUT2D eigenvalue weighted by atomic mass is 10.1. The van der Waals surface area contributed by atoms with Crippen LogP contribution in [0.2, 0.25) is 0 Å². The summed E-state index contributed by atoms with van der Waals surface area (Å²) in [6.07, 6.45) is 3.31. The van der Waals surface area contributed by atoms with Crippen molar-refractivity contribution in [3.63, 3.8) is 0 Å². The molecular weight excluding hydrogens is 358 g/mol. The van der Waals surface area contributed by atoms with Crippen LogP contribution in [0.3, 0.4) is 0 Å². The van der Waals surface area contributed by atoms with Crippen LogP contribution < -0.4 is 10.4 Å². The number of thiocarbonyl (C=S) groups is 1. The average Bonchev–Trinajstić information content (AvgIpc) is 3.09. The molecule has 0 unspecified atom stereocenters. The molecule has 0 spiro atoms. The highest BCUT2D eigenvalue weighted by Crippen LogP contribution is 2.30. The molecule has 128 valence electrons. The van der Waals surface area contributed by atoms with Crippen molar-refractivity contribution in [3.05, 3.63) is 46.5 Å². The highest BCUT2D eigenvalue weighted by molar-refractivity contribution is 8.26. The van der Waals surface area contributed by atoms with E-state index in [0.717, 1.165) is 16.7 Å². The van der Waals surface area contributed by atoms with E-state index in [1.165, 1.54) is 11.8 Å². The minimum atomic E-state index is -1.14. The van der Waals surface area contributed by atoms with Gasteiger partial charge in [-0.05, 0) is 13.0 Å². The number of carbonyl (C=O) groups excluding carboxylic acids is 2. The molecular formula is C17H14N3O3S2-. The number of carboxylic acid groups (broad SMARTS) is 1. The Morgan fingerprint density at radius 1 is 1.40 bits per heavy atom. The molecule has 2 heterocycles. The number of aliphatic carboxylic acids is 1. The number of benzene rings is 1. The molecule has 0 atom stereocenters. The van der Waals surface area contributed by atoms with Crippen molar-refractivity contribution >= 4 is 46.3 Å². The summed E-state index contributed by atoms with van der Waals surface area (Å²) in [5.74, 6) is -1.38. The van der Waals surface area contributed by atoms with Crippen molar-refractivity contribution in [2.24, 2.45) is 0 Å². The van der Waals surface area contributed by atoms with E-state index in [4.69, 9.17) is 12.2 Å². The van der Waals surface area contributed by atoms with Crippen molar-refractivity contribution in [2.75, 3.05) is 0 Å². The summed E-state index contributed by atoms with van der Waals surface area (Å²) in [4.78, 5) is 23.1. The van der Waals surface area contributed by atoms with Crippen LogP contribution in [-0.2, 0) is 16.1 Å². The van der Waals surface area contributed by atoms with Crippen molar-refractivity contribution in [3.8, 4) is 11.3 Å². The second kappa shape index (κ2) is 7.20. The highest BCUT2D eigenvalue weighted by atomic mass is 32.2. The van der Waals surface area contributed by atoms with Gasteiger partial charge in [-0.1, -0.05) is 53.8 Å². The number of nitrogens with one attached hydrogen (secondary N) is 1.